The average Bonchev–Trinajstić information content (AvgIpc) is 2.85. The van der Waals surface area contributed by atoms with E-state index < -0.39 is 0 Å². The summed E-state index contributed by atoms with van der Waals surface area (Å²) < 4.78 is 7.38. The number of aromatic nitrogens is 2. The van der Waals surface area contributed by atoms with Gasteiger partial charge in [0, 0.05) is 24.5 Å². The Balaban J connectivity index is 1.95. The standard InChI is InChI=1S/C15H21N3O/c1-4-9-19-15-7-5-14(6-8-15)17-12(2)13-10-16-18(3)11-13/h5-8,10-12,17H,4,9H2,1-3H3. The smallest absolute Gasteiger partial charge is 0.119 e. The molecule has 0 radical (unpaired) electrons. The number of nitrogens with zero attached hydrogens (tertiary/aromatic N) is 2. The molecule has 1 N–H and O–H groups in total. The molecule has 2 aromatic rings. The summed E-state index contributed by atoms with van der Waals surface area (Å²) in [6, 6.07) is 8.30. The van der Waals surface area contributed by atoms with Gasteiger partial charge in [-0.05, 0) is 37.6 Å². The molecule has 1 atom stereocenters. The van der Waals surface area contributed by atoms with E-state index in [1.165, 1.54) is 5.56 Å². The summed E-state index contributed by atoms with van der Waals surface area (Å²) in [6.07, 6.45) is 4.94. The van der Waals surface area contributed by atoms with Crippen molar-refractivity contribution < 1.29 is 4.74 Å². The molecule has 0 bridgehead atoms. The van der Waals surface area contributed by atoms with Gasteiger partial charge >= 0.3 is 0 Å². The van der Waals surface area contributed by atoms with Gasteiger partial charge in [-0.1, -0.05) is 6.92 Å². The van der Waals surface area contributed by atoms with Crippen LogP contribution in [-0.2, 0) is 7.05 Å². The molecule has 1 heterocycles. The van der Waals surface area contributed by atoms with Crippen molar-refractivity contribution >= 4 is 5.69 Å². The molecule has 4 heteroatoms. The summed E-state index contributed by atoms with van der Waals surface area (Å²) in [5, 5.41) is 7.63. The summed E-state index contributed by atoms with van der Waals surface area (Å²) in [7, 11) is 1.93. The Hall–Kier alpha value is -1.97. The van der Waals surface area contributed by atoms with Crippen LogP contribution in [0.2, 0.25) is 0 Å². The number of ether oxygens (including phenoxy) is 1. The van der Waals surface area contributed by atoms with Gasteiger partial charge in [0.1, 0.15) is 5.75 Å². The van der Waals surface area contributed by atoms with Crippen molar-refractivity contribution in [3.63, 3.8) is 0 Å². The monoisotopic (exact) mass is 259 g/mol. The van der Waals surface area contributed by atoms with E-state index in [1.807, 2.05) is 48.4 Å². The second kappa shape index (κ2) is 6.27. The Morgan fingerprint density at radius 2 is 2.05 bits per heavy atom. The maximum Gasteiger partial charge on any atom is 0.119 e. The van der Waals surface area contributed by atoms with Crippen LogP contribution in [-0.4, -0.2) is 16.4 Å². The largest absolute Gasteiger partial charge is 0.494 e. The third-order valence-electron chi connectivity index (χ3n) is 2.94. The Bertz CT molecular complexity index is 504. The van der Waals surface area contributed by atoms with E-state index in [0.29, 0.717) is 0 Å². The number of nitrogens with one attached hydrogen (secondary N) is 1. The fourth-order valence-corrected chi connectivity index (χ4v) is 1.86. The van der Waals surface area contributed by atoms with Crippen LogP contribution in [0, 0.1) is 0 Å². The molecule has 0 saturated heterocycles. The van der Waals surface area contributed by atoms with Gasteiger partial charge in [-0.3, -0.25) is 4.68 Å². The molecule has 19 heavy (non-hydrogen) atoms. The SMILES string of the molecule is CCCOc1ccc(NC(C)c2cnn(C)c2)cc1. The van der Waals surface area contributed by atoms with Crippen LogP contribution in [0.5, 0.6) is 5.75 Å². The quantitative estimate of drug-likeness (QED) is 0.864. The van der Waals surface area contributed by atoms with Crippen LogP contribution in [0.15, 0.2) is 36.7 Å². The van der Waals surface area contributed by atoms with E-state index >= 15 is 0 Å². The van der Waals surface area contributed by atoms with E-state index in [2.05, 4.69) is 24.3 Å². The van der Waals surface area contributed by atoms with Crippen LogP contribution < -0.4 is 10.1 Å². The topological polar surface area (TPSA) is 39.1 Å². The highest BCUT2D eigenvalue weighted by Gasteiger charge is 2.07. The van der Waals surface area contributed by atoms with E-state index in [0.717, 1.165) is 24.5 Å². The van der Waals surface area contributed by atoms with Gasteiger partial charge in [0.25, 0.3) is 0 Å². The van der Waals surface area contributed by atoms with Gasteiger partial charge < -0.3 is 10.1 Å². The van der Waals surface area contributed by atoms with Crippen molar-refractivity contribution in [2.24, 2.45) is 7.05 Å². The number of benzene rings is 1. The Morgan fingerprint density at radius 3 is 2.63 bits per heavy atom. The minimum absolute atomic E-state index is 0.233. The van der Waals surface area contributed by atoms with Crippen molar-refractivity contribution in [1.29, 1.82) is 0 Å². The van der Waals surface area contributed by atoms with Crippen molar-refractivity contribution in [3.05, 3.63) is 42.2 Å². The lowest BCUT2D eigenvalue weighted by atomic mass is 10.2. The van der Waals surface area contributed by atoms with Gasteiger partial charge in [0.2, 0.25) is 0 Å². The third-order valence-corrected chi connectivity index (χ3v) is 2.94. The van der Waals surface area contributed by atoms with E-state index in [-0.39, 0.29) is 6.04 Å². The summed E-state index contributed by atoms with van der Waals surface area (Å²) >= 11 is 0. The van der Waals surface area contributed by atoms with Crippen molar-refractivity contribution in [3.8, 4) is 5.75 Å². The predicted molar refractivity (Wildman–Crippen MR) is 77.5 cm³/mol. The molecule has 0 fully saturated rings. The predicted octanol–water partition coefficient (Wildman–Crippen LogP) is 3.38. The molecule has 2 rings (SSSR count). The summed E-state index contributed by atoms with van der Waals surface area (Å²) in [6.45, 7) is 4.99. The van der Waals surface area contributed by atoms with Gasteiger partial charge in [0.05, 0.1) is 18.8 Å². The molecule has 0 aliphatic rings. The first-order valence-electron chi connectivity index (χ1n) is 6.67. The molecule has 4 nitrogen and oxygen atoms in total. The lowest BCUT2D eigenvalue weighted by Gasteiger charge is -2.14. The van der Waals surface area contributed by atoms with E-state index in [4.69, 9.17) is 4.74 Å². The first-order valence-corrected chi connectivity index (χ1v) is 6.67. The zero-order chi connectivity index (χ0) is 13.7. The maximum atomic E-state index is 5.56. The van der Waals surface area contributed by atoms with E-state index in [1.54, 1.807) is 0 Å². The summed E-state index contributed by atoms with van der Waals surface area (Å²) in [5.74, 6) is 0.918. The normalized spacial score (nSPS) is 12.2. The molecule has 102 valence electrons. The van der Waals surface area contributed by atoms with Crippen molar-refractivity contribution in [1.82, 2.24) is 9.78 Å². The number of aryl methyl sites for hydroxylation is 1. The second-order valence-electron chi connectivity index (χ2n) is 4.69. The third kappa shape index (κ3) is 3.74. The average molecular weight is 259 g/mol. The molecule has 0 saturated carbocycles. The van der Waals surface area contributed by atoms with Gasteiger partial charge in [-0.25, -0.2) is 0 Å². The Morgan fingerprint density at radius 1 is 1.32 bits per heavy atom. The highest BCUT2D eigenvalue weighted by atomic mass is 16.5. The van der Waals surface area contributed by atoms with Gasteiger partial charge in [0.15, 0.2) is 0 Å². The Labute approximate surface area is 114 Å². The summed E-state index contributed by atoms with van der Waals surface area (Å²) in [5.41, 5.74) is 2.26. The first-order chi connectivity index (χ1) is 9.19. The van der Waals surface area contributed by atoms with Gasteiger partial charge in [-0.2, -0.15) is 5.10 Å². The molecular formula is C15H21N3O. The molecule has 1 aromatic heterocycles. The van der Waals surface area contributed by atoms with Crippen LogP contribution in [0.25, 0.3) is 0 Å². The van der Waals surface area contributed by atoms with E-state index in [9.17, 15) is 0 Å². The Kier molecular flexibility index (Phi) is 4.44. The zero-order valence-electron chi connectivity index (χ0n) is 11.8. The van der Waals surface area contributed by atoms with Gasteiger partial charge in [-0.15, -0.1) is 0 Å². The van der Waals surface area contributed by atoms with Crippen LogP contribution in [0.4, 0.5) is 5.69 Å². The maximum absolute atomic E-state index is 5.56. The molecule has 0 amide bonds. The minimum Gasteiger partial charge on any atom is -0.494 e. The second-order valence-corrected chi connectivity index (χ2v) is 4.69. The molecule has 0 spiro atoms. The molecule has 1 aromatic carbocycles. The minimum atomic E-state index is 0.233. The highest BCUT2D eigenvalue weighted by molar-refractivity contribution is 5.47. The molecular weight excluding hydrogens is 238 g/mol. The van der Waals surface area contributed by atoms with Crippen molar-refractivity contribution in [2.45, 2.75) is 26.3 Å². The lowest BCUT2D eigenvalue weighted by Crippen LogP contribution is -2.05. The summed E-state index contributed by atoms with van der Waals surface area (Å²) in [4.78, 5) is 0. The zero-order valence-corrected chi connectivity index (χ0v) is 11.8. The lowest BCUT2D eigenvalue weighted by molar-refractivity contribution is 0.317. The number of rotatable bonds is 6. The molecule has 0 aliphatic heterocycles. The fraction of sp³-hybridized carbons (Fsp3) is 0.400. The molecule has 0 aliphatic carbocycles. The highest BCUT2D eigenvalue weighted by Crippen LogP contribution is 2.21. The fourth-order valence-electron chi connectivity index (χ4n) is 1.86. The van der Waals surface area contributed by atoms with Crippen LogP contribution >= 0.6 is 0 Å². The molecule has 1 unspecified atom stereocenters. The van der Waals surface area contributed by atoms with Crippen molar-refractivity contribution in [2.75, 3.05) is 11.9 Å². The number of anilines is 1. The number of hydrogen-bond acceptors (Lipinski definition) is 3. The number of hydrogen-bond donors (Lipinski definition) is 1. The van der Waals surface area contributed by atoms with Crippen LogP contribution in [0.3, 0.4) is 0 Å². The first kappa shape index (κ1) is 13.5. The van der Waals surface area contributed by atoms with Crippen LogP contribution in [0.1, 0.15) is 31.9 Å².